The first-order chi connectivity index (χ1) is 15.2. The summed E-state index contributed by atoms with van der Waals surface area (Å²) in [6.45, 7) is 4.54. The highest BCUT2D eigenvalue weighted by Crippen LogP contribution is 2.49. The van der Waals surface area contributed by atoms with Gasteiger partial charge in [0, 0.05) is 0 Å². The van der Waals surface area contributed by atoms with E-state index in [4.69, 9.17) is 0 Å². The zero-order valence-electron chi connectivity index (χ0n) is 20.0. The van der Waals surface area contributed by atoms with E-state index < -0.39 is 0 Å². The highest BCUT2D eigenvalue weighted by molar-refractivity contribution is 8.16. The van der Waals surface area contributed by atoms with Crippen LogP contribution < -0.4 is 0 Å². The Balaban J connectivity index is 1.39. The zero-order valence-corrected chi connectivity index (χ0v) is 21.7. The second kappa shape index (κ2) is 14.2. The van der Waals surface area contributed by atoms with E-state index >= 15 is 0 Å². The van der Waals surface area contributed by atoms with Crippen molar-refractivity contribution < 1.29 is 4.39 Å². The maximum atomic E-state index is 14.7. The van der Waals surface area contributed by atoms with Crippen molar-refractivity contribution >= 4 is 23.5 Å². The van der Waals surface area contributed by atoms with Gasteiger partial charge in [0.15, 0.2) is 0 Å². The molecular formula is C28H45FS2. The molecule has 1 aliphatic carbocycles. The molecule has 176 valence electrons. The fourth-order valence-electron chi connectivity index (χ4n) is 5.45. The van der Waals surface area contributed by atoms with Gasteiger partial charge in [0.25, 0.3) is 0 Å². The topological polar surface area (TPSA) is 0 Å². The number of unbranched alkanes of at least 4 members (excludes halogenated alkanes) is 6. The van der Waals surface area contributed by atoms with Gasteiger partial charge in [0.05, 0.1) is 4.58 Å². The van der Waals surface area contributed by atoms with Crippen LogP contribution in [-0.4, -0.2) is 11.5 Å². The number of benzene rings is 1. The Hall–Kier alpha value is -0.150. The van der Waals surface area contributed by atoms with Gasteiger partial charge in [-0.1, -0.05) is 90.2 Å². The number of aryl methyl sites for hydroxylation is 1. The lowest BCUT2D eigenvalue weighted by atomic mass is 9.75. The predicted octanol–water partition coefficient (Wildman–Crippen LogP) is 9.82. The molecule has 0 spiro atoms. The SMILES string of the molecule is CCCCCCCc1ccc([C@H]2SC[C@H](C3CCC(CCCCC)CC3)CS2)cc1F. The van der Waals surface area contributed by atoms with E-state index in [2.05, 4.69) is 49.5 Å². The van der Waals surface area contributed by atoms with Crippen molar-refractivity contribution in [2.75, 3.05) is 11.5 Å². The molecule has 0 N–H and O–H groups in total. The van der Waals surface area contributed by atoms with Crippen molar-refractivity contribution in [3.05, 3.63) is 35.1 Å². The molecule has 2 aliphatic rings. The number of halogens is 1. The molecule has 1 saturated carbocycles. The maximum Gasteiger partial charge on any atom is 0.126 e. The van der Waals surface area contributed by atoms with Crippen LogP contribution in [-0.2, 0) is 6.42 Å². The van der Waals surface area contributed by atoms with E-state index in [0.29, 0.717) is 4.58 Å². The maximum absolute atomic E-state index is 14.7. The summed E-state index contributed by atoms with van der Waals surface area (Å²) in [6.07, 6.45) is 18.6. The Kier molecular flexibility index (Phi) is 11.7. The Labute approximate surface area is 200 Å². The minimum atomic E-state index is 0.0257. The van der Waals surface area contributed by atoms with Gasteiger partial charge in [0.2, 0.25) is 0 Å². The quantitative estimate of drug-likeness (QED) is 0.282. The molecule has 0 radical (unpaired) electrons. The van der Waals surface area contributed by atoms with Gasteiger partial charge < -0.3 is 0 Å². The van der Waals surface area contributed by atoms with E-state index in [1.807, 2.05) is 6.07 Å². The van der Waals surface area contributed by atoms with Crippen LogP contribution in [0.3, 0.4) is 0 Å². The molecule has 1 aliphatic heterocycles. The van der Waals surface area contributed by atoms with Gasteiger partial charge >= 0.3 is 0 Å². The lowest BCUT2D eigenvalue weighted by molar-refractivity contribution is 0.218. The van der Waals surface area contributed by atoms with Crippen LogP contribution in [0.15, 0.2) is 18.2 Å². The summed E-state index contributed by atoms with van der Waals surface area (Å²) in [7, 11) is 0. The largest absolute Gasteiger partial charge is 0.207 e. The van der Waals surface area contributed by atoms with E-state index in [1.54, 1.807) is 0 Å². The standard InChI is InChI=1S/C28H45FS2/c1-3-5-7-8-10-12-24-17-18-25(19-27(24)29)28-30-20-26(21-31-28)23-15-13-22(14-16-23)11-9-6-4-2/h17-19,22-23,26,28H,3-16,20-21H2,1-2H3/t22?,23?,26-,28-. The first kappa shape index (κ1) is 25.5. The van der Waals surface area contributed by atoms with Crippen molar-refractivity contribution in [3.8, 4) is 0 Å². The molecule has 2 fully saturated rings. The Morgan fingerprint density at radius 1 is 0.806 bits per heavy atom. The third-order valence-corrected chi connectivity index (χ3v) is 10.8. The van der Waals surface area contributed by atoms with E-state index in [9.17, 15) is 4.39 Å². The number of hydrogen-bond acceptors (Lipinski definition) is 2. The highest BCUT2D eigenvalue weighted by Gasteiger charge is 2.32. The second-order valence-electron chi connectivity index (χ2n) is 10.1. The molecule has 1 heterocycles. The van der Waals surface area contributed by atoms with Gasteiger partial charge in [-0.15, -0.1) is 23.5 Å². The Morgan fingerprint density at radius 2 is 1.48 bits per heavy atom. The molecule has 3 rings (SSSR count). The summed E-state index contributed by atoms with van der Waals surface area (Å²) >= 11 is 4.15. The molecule has 0 unspecified atom stereocenters. The lowest BCUT2D eigenvalue weighted by Crippen LogP contribution is -2.27. The summed E-state index contributed by atoms with van der Waals surface area (Å²) in [6, 6.07) is 6.11. The Bertz CT molecular complexity index is 615. The summed E-state index contributed by atoms with van der Waals surface area (Å²) < 4.78 is 15.1. The number of hydrogen-bond donors (Lipinski definition) is 0. The molecule has 0 amide bonds. The van der Waals surface area contributed by atoms with E-state index in [0.717, 1.165) is 36.2 Å². The Morgan fingerprint density at radius 3 is 2.16 bits per heavy atom. The van der Waals surface area contributed by atoms with Crippen LogP contribution in [0.5, 0.6) is 0 Å². The van der Waals surface area contributed by atoms with E-state index in [-0.39, 0.29) is 5.82 Å². The molecule has 3 heteroatoms. The smallest absolute Gasteiger partial charge is 0.126 e. The molecule has 0 nitrogen and oxygen atoms in total. The van der Waals surface area contributed by atoms with Crippen LogP contribution in [0.2, 0.25) is 0 Å². The van der Waals surface area contributed by atoms with Crippen molar-refractivity contribution in [3.63, 3.8) is 0 Å². The second-order valence-corrected chi connectivity index (χ2v) is 12.6. The number of thioether (sulfide) groups is 2. The zero-order chi connectivity index (χ0) is 21.9. The van der Waals surface area contributed by atoms with Crippen LogP contribution in [0, 0.1) is 23.6 Å². The number of rotatable bonds is 12. The molecular weight excluding hydrogens is 419 g/mol. The molecule has 1 aromatic rings. The summed E-state index contributed by atoms with van der Waals surface area (Å²) in [4.78, 5) is 0. The first-order valence-corrected chi connectivity index (χ1v) is 15.3. The van der Waals surface area contributed by atoms with Crippen LogP contribution >= 0.6 is 23.5 Å². The summed E-state index contributed by atoms with van der Waals surface area (Å²) in [5.41, 5.74) is 2.11. The molecule has 0 bridgehead atoms. The van der Waals surface area contributed by atoms with Crippen molar-refractivity contribution in [1.29, 1.82) is 0 Å². The van der Waals surface area contributed by atoms with E-state index in [1.165, 1.54) is 94.1 Å². The molecule has 0 atom stereocenters. The highest BCUT2D eigenvalue weighted by atomic mass is 32.2. The van der Waals surface area contributed by atoms with Gasteiger partial charge in [-0.05, 0) is 72.1 Å². The summed E-state index contributed by atoms with van der Waals surface area (Å²) in [5, 5.41) is 0. The van der Waals surface area contributed by atoms with Gasteiger partial charge in [-0.25, -0.2) is 4.39 Å². The molecule has 31 heavy (non-hydrogen) atoms. The fraction of sp³-hybridized carbons (Fsp3) is 0.786. The van der Waals surface area contributed by atoms with Crippen molar-refractivity contribution in [1.82, 2.24) is 0 Å². The molecule has 0 aromatic heterocycles. The minimum absolute atomic E-state index is 0.0257. The van der Waals surface area contributed by atoms with Gasteiger partial charge in [-0.3, -0.25) is 0 Å². The van der Waals surface area contributed by atoms with Crippen molar-refractivity contribution in [2.45, 2.75) is 108 Å². The first-order valence-electron chi connectivity index (χ1n) is 13.2. The van der Waals surface area contributed by atoms with Crippen LogP contribution in [0.4, 0.5) is 4.39 Å². The van der Waals surface area contributed by atoms with Gasteiger partial charge in [-0.2, -0.15) is 0 Å². The van der Waals surface area contributed by atoms with Gasteiger partial charge in [0.1, 0.15) is 5.82 Å². The third-order valence-electron chi connectivity index (χ3n) is 7.60. The average Bonchev–Trinajstić information content (AvgIpc) is 2.80. The third kappa shape index (κ3) is 8.29. The van der Waals surface area contributed by atoms with Crippen molar-refractivity contribution in [2.24, 2.45) is 17.8 Å². The van der Waals surface area contributed by atoms with Crippen LogP contribution in [0.1, 0.15) is 113 Å². The van der Waals surface area contributed by atoms with Crippen LogP contribution in [0.25, 0.3) is 0 Å². The lowest BCUT2D eigenvalue weighted by Gasteiger charge is -2.37. The minimum Gasteiger partial charge on any atom is -0.207 e. The molecule has 1 saturated heterocycles. The summed E-state index contributed by atoms with van der Waals surface area (Å²) in [5.74, 6) is 5.38. The predicted molar refractivity (Wildman–Crippen MR) is 140 cm³/mol. The monoisotopic (exact) mass is 464 g/mol. The molecule has 1 aromatic carbocycles. The average molecular weight is 465 g/mol. The normalized spacial score (nSPS) is 26.8. The fourth-order valence-corrected chi connectivity index (χ4v) is 8.75.